The van der Waals surface area contributed by atoms with Crippen LogP contribution >= 0.6 is 17.0 Å². The average molecular weight is 365 g/mol. The summed E-state index contributed by atoms with van der Waals surface area (Å²) in [4.78, 5) is 3.26. The van der Waals surface area contributed by atoms with Crippen LogP contribution < -0.4 is 0 Å². The molecule has 19 heavy (non-hydrogen) atoms. The Labute approximate surface area is 133 Å². The van der Waals surface area contributed by atoms with Crippen LogP contribution in [-0.2, 0) is 42.2 Å². The number of nitrogens with zero attached hydrogens (tertiary/aromatic N) is 1. The van der Waals surface area contributed by atoms with Crippen LogP contribution in [0.2, 0.25) is 0 Å². The van der Waals surface area contributed by atoms with Crippen molar-refractivity contribution < 1.29 is 35.7 Å². The first kappa shape index (κ1) is 36.1. The maximum Gasteiger partial charge on any atom is 0 e. The van der Waals surface area contributed by atoms with Crippen LogP contribution in [0.25, 0.3) is 4.85 Å². The Balaban J connectivity index is -0.0000000369. The van der Waals surface area contributed by atoms with E-state index in [4.69, 9.17) is 25.2 Å². The third-order valence-electron chi connectivity index (χ3n) is 1.10. The molecule has 0 saturated carbocycles. The Bertz CT molecular complexity index is 344. The zero-order valence-corrected chi connectivity index (χ0v) is 12.4. The van der Waals surface area contributed by atoms with Crippen LogP contribution in [0, 0.1) is 33.2 Å². The van der Waals surface area contributed by atoms with Crippen molar-refractivity contribution in [2.75, 3.05) is 0 Å². The van der Waals surface area contributed by atoms with Crippen LogP contribution in [0.5, 0.6) is 0 Å². The Kier molecular flexibility index (Phi) is 103. The molecule has 0 atom stereocenters. The Hall–Kier alpha value is -1.33. The van der Waals surface area contributed by atoms with Gasteiger partial charge >= 0.3 is 45.2 Å². The first-order valence-electron chi connectivity index (χ1n) is 3.62. The molecule has 0 N–H and O–H groups in total. The van der Waals surface area contributed by atoms with Crippen molar-refractivity contribution in [3.63, 3.8) is 0 Å². The number of benzene rings is 1. The van der Waals surface area contributed by atoms with Gasteiger partial charge in [-0.05, 0) is 0 Å². The van der Waals surface area contributed by atoms with Gasteiger partial charge in [0, 0.05) is 22.6 Å². The molecule has 0 spiro atoms. The third-order valence-corrected chi connectivity index (χ3v) is 1.10. The molecule has 0 saturated heterocycles. The predicted octanol–water partition coefficient (Wildman–Crippen LogP) is 2.53. The SMILES string of the molecule is Br.[C-]#[N+]Cc1ccccc1.[C-]#[O+].[C-]#[O+].[C-]#[O+].[C-]#[O+].[Mn]. The van der Waals surface area contributed by atoms with E-state index in [0.717, 1.165) is 5.56 Å². The van der Waals surface area contributed by atoms with Gasteiger partial charge in [0.2, 0.25) is 6.54 Å². The second-order valence-electron chi connectivity index (χ2n) is 1.80. The Morgan fingerprint density at radius 3 is 1.37 bits per heavy atom. The van der Waals surface area contributed by atoms with E-state index in [9.17, 15) is 0 Å². The summed E-state index contributed by atoms with van der Waals surface area (Å²) in [7, 11) is 0. The monoisotopic (exact) mass is 364 g/mol. The zero-order chi connectivity index (χ0) is 14.5. The summed E-state index contributed by atoms with van der Waals surface area (Å²) in [5, 5.41) is 0. The molecule has 0 bridgehead atoms. The van der Waals surface area contributed by atoms with Crippen LogP contribution in [0.3, 0.4) is 0 Å². The molecule has 1 aromatic rings. The van der Waals surface area contributed by atoms with Gasteiger partial charge in [0.15, 0.2) is 0 Å². The van der Waals surface area contributed by atoms with E-state index in [1.54, 1.807) is 0 Å². The minimum absolute atomic E-state index is 0. The van der Waals surface area contributed by atoms with E-state index >= 15 is 0 Å². The van der Waals surface area contributed by atoms with Gasteiger partial charge in [0.1, 0.15) is 0 Å². The molecule has 0 aliphatic heterocycles. The standard InChI is InChI=1S/C8H7N.4CO.BrH.Mn/c1-9-7-8-5-3-2-4-6-8;4*1-2;;/h2-6H,7H2;;;;;1H;. The molecule has 99 valence electrons. The normalized spacial score (nSPS) is 4.37. The van der Waals surface area contributed by atoms with Gasteiger partial charge in [-0.1, -0.05) is 30.3 Å². The summed E-state index contributed by atoms with van der Waals surface area (Å²) in [5.74, 6) is 0. The maximum absolute atomic E-state index is 7.50. The van der Waals surface area contributed by atoms with Crippen molar-refractivity contribution in [1.29, 1.82) is 0 Å². The molecule has 0 amide bonds. The summed E-state index contributed by atoms with van der Waals surface area (Å²) < 4.78 is 30.0. The summed E-state index contributed by atoms with van der Waals surface area (Å²) in [6.45, 7) is 25.1. The van der Waals surface area contributed by atoms with E-state index in [0.29, 0.717) is 6.54 Å². The van der Waals surface area contributed by atoms with Crippen molar-refractivity contribution >= 4 is 17.0 Å². The molecule has 0 fully saturated rings. The summed E-state index contributed by atoms with van der Waals surface area (Å²) >= 11 is 0. The van der Waals surface area contributed by atoms with Crippen LogP contribution in [0.15, 0.2) is 30.3 Å². The minimum atomic E-state index is 0. The van der Waals surface area contributed by atoms with E-state index in [2.05, 4.69) is 31.4 Å². The second kappa shape index (κ2) is 54.5. The Morgan fingerprint density at radius 1 is 0.789 bits per heavy atom. The quantitative estimate of drug-likeness (QED) is 0.416. The summed E-state index contributed by atoms with van der Waals surface area (Å²) in [6, 6.07) is 9.75. The van der Waals surface area contributed by atoms with E-state index < -0.39 is 0 Å². The fraction of sp³-hybridized carbons (Fsp3) is 0.0833. The largest absolute Gasteiger partial charge is 0 e. The smallest absolute Gasteiger partial charge is 0 e. The molecule has 0 aliphatic carbocycles. The van der Waals surface area contributed by atoms with E-state index in [-0.39, 0.29) is 34.1 Å². The van der Waals surface area contributed by atoms with Crippen LogP contribution in [0.4, 0.5) is 0 Å². The molecule has 0 aliphatic rings. The average Bonchev–Trinajstić information content (AvgIpc) is 2.49. The van der Waals surface area contributed by atoms with Crippen LogP contribution in [-0.4, -0.2) is 0 Å². The fourth-order valence-electron chi connectivity index (χ4n) is 0.675. The molecule has 1 rings (SSSR count). The molecular weight excluding hydrogens is 357 g/mol. The molecule has 0 heterocycles. The summed E-state index contributed by atoms with van der Waals surface area (Å²) in [6.07, 6.45) is 0. The van der Waals surface area contributed by atoms with E-state index in [1.165, 1.54) is 0 Å². The number of rotatable bonds is 1. The third kappa shape index (κ3) is 38.4. The second-order valence-corrected chi connectivity index (χ2v) is 1.80. The first-order chi connectivity index (χ1) is 8.43. The number of halogens is 1. The van der Waals surface area contributed by atoms with Gasteiger partial charge in [-0.2, -0.15) is 0 Å². The van der Waals surface area contributed by atoms with E-state index in [1.807, 2.05) is 30.3 Å². The molecule has 0 aromatic heterocycles. The van der Waals surface area contributed by atoms with Gasteiger partial charge in [-0.25, -0.2) is 6.57 Å². The molecule has 0 unspecified atom stereocenters. The molecule has 5 nitrogen and oxygen atoms in total. The fourth-order valence-corrected chi connectivity index (χ4v) is 0.675. The van der Waals surface area contributed by atoms with Gasteiger partial charge in [0.25, 0.3) is 0 Å². The van der Waals surface area contributed by atoms with Crippen molar-refractivity contribution in [2.45, 2.75) is 6.54 Å². The number of hydrogen-bond donors (Lipinski definition) is 0. The molecule has 7 heteroatoms. The van der Waals surface area contributed by atoms with Crippen molar-refractivity contribution in [1.82, 2.24) is 0 Å². The summed E-state index contributed by atoms with van der Waals surface area (Å²) in [5.41, 5.74) is 1.09. The Morgan fingerprint density at radius 2 is 1.11 bits per heavy atom. The molecular formula is C12H8BrMnNO4. The zero-order valence-electron chi connectivity index (χ0n) is 9.46. The number of hydrogen-bond acceptors (Lipinski definition) is 0. The van der Waals surface area contributed by atoms with Crippen molar-refractivity contribution in [2.24, 2.45) is 0 Å². The first-order valence-corrected chi connectivity index (χ1v) is 3.62. The topological polar surface area (TPSA) is 84.0 Å². The van der Waals surface area contributed by atoms with Gasteiger partial charge in [-0.15, -0.1) is 17.0 Å². The molecule has 1 radical (unpaired) electrons. The van der Waals surface area contributed by atoms with Crippen molar-refractivity contribution in [3.05, 3.63) is 73.9 Å². The van der Waals surface area contributed by atoms with Crippen LogP contribution in [0.1, 0.15) is 5.56 Å². The van der Waals surface area contributed by atoms with Gasteiger partial charge < -0.3 is 4.85 Å². The predicted molar refractivity (Wildman–Crippen MR) is 62.8 cm³/mol. The maximum atomic E-state index is 7.50. The molecule has 1 aromatic carbocycles. The van der Waals surface area contributed by atoms with Gasteiger partial charge in [0.05, 0.1) is 0 Å². The minimum Gasteiger partial charge on any atom is 0 e. The van der Waals surface area contributed by atoms with Gasteiger partial charge in [-0.3, -0.25) is 0 Å². The van der Waals surface area contributed by atoms with Crippen molar-refractivity contribution in [3.8, 4) is 0 Å².